The van der Waals surface area contributed by atoms with E-state index in [1.165, 1.54) is 24.3 Å². The number of amides is 1. The highest BCUT2D eigenvalue weighted by molar-refractivity contribution is 6.34. The first-order chi connectivity index (χ1) is 15.1. The molecule has 3 nitrogen and oxygen atoms in total. The van der Waals surface area contributed by atoms with E-state index >= 15 is 0 Å². The van der Waals surface area contributed by atoms with Crippen LogP contribution in [0, 0.1) is 6.92 Å². The molecule has 0 aliphatic carbocycles. The number of nitrogens with zero attached hydrogens (tertiary/aromatic N) is 1. The molecule has 3 rings (SSSR count). The van der Waals surface area contributed by atoms with Gasteiger partial charge in [0.05, 0.1) is 5.92 Å². The summed E-state index contributed by atoms with van der Waals surface area (Å²) in [5.41, 5.74) is 2.44. The fourth-order valence-electron chi connectivity index (χ4n) is 3.20. The molecule has 0 radical (unpaired) electrons. The second-order valence-electron chi connectivity index (χ2n) is 7.20. The van der Waals surface area contributed by atoms with Gasteiger partial charge in [0.25, 0.3) is 5.91 Å². The number of hydrogen-bond donors (Lipinski definition) is 1. The van der Waals surface area contributed by atoms with E-state index in [0.717, 1.165) is 11.6 Å². The molecule has 0 aliphatic heterocycles. The molecule has 166 valence electrons. The molecule has 0 fully saturated rings. The van der Waals surface area contributed by atoms with Gasteiger partial charge >= 0.3 is 6.18 Å². The van der Waals surface area contributed by atoms with E-state index in [1.54, 1.807) is 43.6 Å². The third-order valence-corrected chi connectivity index (χ3v) is 5.19. The number of allylic oxidation sites excluding steroid dienone is 1. The normalized spacial score (nSPS) is 12.7. The Morgan fingerprint density at radius 2 is 1.84 bits per heavy atom. The lowest BCUT2D eigenvalue weighted by atomic mass is 9.96. The van der Waals surface area contributed by atoms with Gasteiger partial charge in [-0.05, 0) is 59.5 Å². The van der Waals surface area contributed by atoms with Gasteiger partial charge in [0.15, 0.2) is 0 Å². The first-order valence-corrected chi connectivity index (χ1v) is 10.4. The number of carbonyl (C=O) groups is 1. The monoisotopic (exact) mass is 478 g/mol. The largest absolute Gasteiger partial charge is 0.399 e. The molecular formula is C24H19Cl2F3N2O. The molecule has 32 heavy (non-hydrogen) atoms. The quantitative estimate of drug-likeness (QED) is 0.414. The van der Waals surface area contributed by atoms with Crippen molar-refractivity contribution >= 4 is 35.2 Å². The van der Waals surface area contributed by atoms with Crippen LogP contribution in [-0.4, -0.2) is 17.1 Å². The average Bonchev–Trinajstić information content (AvgIpc) is 2.71. The predicted octanol–water partition coefficient (Wildman–Crippen LogP) is 6.99. The number of aryl methyl sites for hydroxylation is 1. The molecule has 1 unspecified atom stereocenters. The highest BCUT2D eigenvalue weighted by Crippen LogP contribution is 2.38. The predicted molar refractivity (Wildman–Crippen MR) is 121 cm³/mol. The van der Waals surface area contributed by atoms with E-state index in [-0.39, 0.29) is 21.5 Å². The van der Waals surface area contributed by atoms with Gasteiger partial charge in [-0.15, -0.1) is 0 Å². The van der Waals surface area contributed by atoms with Gasteiger partial charge in [0, 0.05) is 34.5 Å². The van der Waals surface area contributed by atoms with Crippen LogP contribution in [-0.2, 0) is 6.54 Å². The molecule has 0 aliphatic rings. The smallest absolute Gasteiger partial charge is 0.348 e. The van der Waals surface area contributed by atoms with Crippen molar-refractivity contribution < 1.29 is 18.0 Å². The molecule has 0 saturated heterocycles. The van der Waals surface area contributed by atoms with Gasteiger partial charge in [-0.2, -0.15) is 13.2 Å². The Morgan fingerprint density at radius 1 is 1.12 bits per heavy atom. The lowest BCUT2D eigenvalue weighted by Gasteiger charge is -2.18. The van der Waals surface area contributed by atoms with Crippen LogP contribution in [0.2, 0.25) is 10.0 Å². The zero-order valence-corrected chi connectivity index (χ0v) is 18.5. The van der Waals surface area contributed by atoms with E-state index in [9.17, 15) is 18.0 Å². The third kappa shape index (κ3) is 6.34. The van der Waals surface area contributed by atoms with Crippen molar-refractivity contribution in [2.75, 3.05) is 0 Å². The molecule has 0 saturated carbocycles. The second kappa shape index (κ2) is 10.2. The summed E-state index contributed by atoms with van der Waals surface area (Å²) in [5.74, 6) is -2.15. The molecule has 3 aromatic rings. The van der Waals surface area contributed by atoms with Gasteiger partial charge in [-0.25, -0.2) is 0 Å². The summed E-state index contributed by atoms with van der Waals surface area (Å²) in [6.07, 6.45) is 1.21. The molecule has 1 atom stereocenters. The van der Waals surface area contributed by atoms with Crippen LogP contribution in [0.1, 0.15) is 38.5 Å². The number of alkyl halides is 3. The van der Waals surface area contributed by atoms with E-state index in [0.29, 0.717) is 23.2 Å². The highest BCUT2D eigenvalue weighted by Gasteiger charge is 2.39. The Bertz CT molecular complexity index is 1110. The highest BCUT2D eigenvalue weighted by atomic mass is 35.5. The number of benzene rings is 2. The zero-order valence-electron chi connectivity index (χ0n) is 17.0. The molecule has 2 aromatic carbocycles. The van der Waals surface area contributed by atoms with Crippen molar-refractivity contribution in [2.45, 2.75) is 25.6 Å². The van der Waals surface area contributed by atoms with Crippen LogP contribution in [0.4, 0.5) is 13.2 Å². The first-order valence-electron chi connectivity index (χ1n) is 9.62. The molecule has 1 heterocycles. The number of carbonyl (C=O) groups excluding carboxylic acids is 1. The Morgan fingerprint density at radius 3 is 2.44 bits per heavy atom. The maximum absolute atomic E-state index is 13.7. The SMILES string of the molecule is Cc1cc(/C=C/C(c2cc(Cl)cc(Cl)c2)C(F)(F)F)ccc1C(=O)NCc1cccnc1. The van der Waals surface area contributed by atoms with Crippen molar-refractivity contribution in [3.63, 3.8) is 0 Å². The van der Waals surface area contributed by atoms with Crippen molar-refractivity contribution in [1.29, 1.82) is 0 Å². The molecule has 1 amide bonds. The number of rotatable bonds is 6. The topological polar surface area (TPSA) is 42.0 Å². The van der Waals surface area contributed by atoms with E-state index < -0.39 is 12.1 Å². The fourth-order valence-corrected chi connectivity index (χ4v) is 3.74. The minimum absolute atomic E-state index is 0.0469. The average molecular weight is 479 g/mol. The Labute approximate surface area is 193 Å². The van der Waals surface area contributed by atoms with Crippen molar-refractivity contribution in [3.8, 4) is 0 Å². The number of pyridine rings is 1. The number of aromatic nitrogens is 1. The van der Waals surface area contributed by atoms with Crippen LogP contribution >= 0.6 is 23.2 Å². The van der Waals surface area contributed by atoms with Crippen LogP contribution in [0.25, 0.3) is 6.08 Å². The maximum atomic E-state index is 13.7. The summed E-state index contributed by atoms with van der Waals surface area (Å²) in [6.45, 7) is 2.05. The number of halogens is 5. The molecule has 8 heteroatoms. The maximum Gasteiger partial charge on any atom is 0.399 e. The minimum atomic E-state index is -4.52. The molecule has 0 spiro atoms. The molecule has 0 bridgehead atoms. The van der Waals surface area contributed by atoms with Crippen LogP contribution in [0.5, 0.6) is 0 Å². The van der Waals surface area contributed by atoms with Crippen molar-refractivity contribution in [1.82, 2.24) is 10.3 Å². The van der Waals surface area contributed by atoms with Crippen LogP contribution in [0.15, 0.2) is 67.0 Å². The first kappa shape index (κ1) is 23.8. The standard InChI is InChI=1S/C24H19Cl2F3N2O/c1-15-9-16(4-6-21(15)23(32)31-14-17-3-2-8-30-13-17)5-7-22(24(27,28)29)18-10-19(25)12-20(26)11-18/h2-13,22H,14H2,1H3,(H,31,32)/b7-5+. The molecule has 1 N–H and O–H groups in total. The second-order valence-corrected chi connectivity index (χ2v) is 8.07. The summed E-state index contributed by atoms with van der Waals surface area (Å²) in [6, 6.07) is 12.3. The number of nitrogens with one attached hydrogen (secondary N) is 1. The summed E-state index contributed by atoms with van der Waals surface area (Å²) < 4.78 is 41.0. The van der Waals surface area contributed by atoms with Gasteiger partial charge in [-0.1, -0.05) is 53.6 Å². The van der Waals surface area contributed by atoms with Gasteiger partial charge in [0.1, 0.15) is 0 Å². The fraction of sp³-hybridized carbons (Fsp3) is 0.167. The lowest BCUT2D eigenvalue weighted by molar-refractivity contribution is -0.139. The van der Waals surface area contributed by atoms with Gasteiger partial charge in [0.2, 0.25) is 0 Å². The van der Waals surface area contributed by atoms with Crippen LogP contribution in [0.3, 0.4) is 0 Å². The minimum Gasteiger partial charge on any atom is -0.348 e. The summed E-state index contributed by atoms with van der Waals surface area (Å²) in [4.78, 5) is 16.5. The molecular weight excluding hydrogens is 460 g/mol. The zero-order chi connectivity index (χ0) is 23.3. The Balaban J connectivity index is 1.77. The van der Waals surface area contributed by atoms with E-state index in [2.05, 4.69) is 10.3 Å². The van der Waals surface area contributed by atoms with Gasteiger partial charge in [-0.3, -0.25) is 9.78 Å². The summed E-state index contributed by atoms with van der Waals surface area (Å²) in [7, 11) is 0. The Kier molecular flexibility index (Phi) is 7.59. The van der Waals surface area contributed by atoms with Crippen molar-refractivity contribution in [2.24, 2.45) is 0 Å². The van der Waals surface area contributed by atoms with Crippen molar-refractivity contribution in [3.05, 3.63) is 105 Å². The van der Waals surface area contributed by atoms with E-state index in [1.807, 2.05) is 6.07 Å². The Hall–Kier alpha value is -2.83. The van der Waals surface area contributed by atoms with E-state index in [4.69, 9.17) is 23.2 Å². The summed E-state index contributed by atoms with van der Waals surface area (Å²) >= 11 is 11.8. The third-order valence-electron chi connectivity index (χ3n) is 4.75. The summed E-state index contributed by atoms with van der Waals surface area (Å²) in [5, 5.41) is 3.07. The van der Waals surface area contributed by atoms with Gasteiger partial charge < -0.3 is 5.32 Å². The number of hydrogen-bond acceptors (Lipinski definition) is 2. The van der Waals surface area contributed by atoms with Crippen LogP contribution < -0.4 is 5.32 Å². The lowest BCUT2D eigenvalue weighted by Crippen LogP contribution is -2.23. The molecule has 1 aromatic heterocycles.